The second-order valence-electron chi connectivity index (χ2n) is 4.61. The number of nitrogens with two attached hydrogens (primary N) is 1. The van der Waals surface area contributed by atoms with Crippen molar-refractivity contribution in [3.63, 3.8) is 0 Å². The molecule has 1 rings (SSSR count). The lowest BCUT2D eigenvalue weighted by atomic mass is 9.97. The van der Waals surface area contributed by atoms with Crippen molar-refractivity contribution in [3.05, 3.63) is 66.0 Å². The Morgan fingerprint density at radius 3 is 2.81 bits per heavy atom. The maximum absolute atomic E-state index is 11.4. The van der Waals surface area contributed by atoms with Gasteiger partial charge in [0.1, 0.15) is 0 Å². The number of primary amides is 1. The quantitative estimate of drug-likeness (QED) is 0.512. The zero-order valence-electron chi connectivity index (χ0n) is 12.5. The minimum absolute atomic E-state index is 0.121. The first-order valence-electron chi connectivity index (χ1n) is 6.84. The normalized spacial score (nSPS) is 13.0. The number of aromatic nitrogens is 1. The SMILES string of the molecule is C=CC(C#Cc1cccnc1)=CC=C(C(N)=O)C(C)CC. The predicted octanol–water partition coefficient (Wildman–Crippen LogP) is 3.00. The van der Waals surface area contributed by atoms with E-state index < -0.39 is 5.91 Å². The van der Waals surface area contributed by atoms with E-state index in [0.717, 1.165) is 17.6 Å². The number of hydrogen-bond donors (Lipinski definition) is 1. The van der Waals surface area contributed by atoms with Gasteiger partial charge in [0.25, 0.3) is 0 Å². The third kappa shape index (κ3) is 5.50. The lowest BCUT2D eigenvalue weighted by Gasteiger charge is -2.09. The highest BCUT2D eigenvalue weighted by molar-refractivity contribution is 5.92. The fraction of sp³-hybridized carbons (Fsp3) is 0.222. The van der Waals surface area contributed by atoms with Gasteiger partial charge >= 0.3 is 0 Å². The van der Waals surface area contributed by atoms with Crippen LogP contribution in [0.4, 0.5) is 0 Å². The van der Waals surface area contributed by atoms with Gasteiger partial charge < -0.3 is 5.73 Å². The van der Waals surface area contributed by atoms with Crippen LogP contribution >= 0.6 is 0 Å². The molecular formula is C18H20N2O. The van der Waals surface area contributed by atoms with E-state index in [9.17, 15) is 4.79 Å². The van der Waals surface area contributed by atoms with E-state index >= 15 is 0 Å². The lowest BCUT2D eigenvalue weighted by Crippen LogP contribution is -2.18. The predicted molar refractivity (Wildman–Crippen MR) is 86.1 cm³/mol. The Labute approximate surface area is 126 Å². The number of carbonyl (C=O) groups excluding carboxylic acids is 1. The van der Waals surface area contributed by atoms with E-state index in [1.165, 1.54) is 0 Å². The zero-order valence-corrected chi connectivity index (χ0v) is 12.5. The van der Waals surface area contributed by atoms with Crippen LogP contribution in [0.1, 0.15) is 25.8 Å². The largest absolute Gasteiger partial charge is 0.366 e. The van der Waals surface area contributed by atoms with Crippen LogP contribution in [0.15, 0.2) is 60.5 Å². The molecule has 0 aliphatic heterocycles. The molecule has 1 heterocycles. The van der Waals surface area contributed by atoms with Crippen LogP contribution in [0.5, 0.6) is 0 Å². The summed E-state index contributed by atoms with van der Waals surface area (Å²) in [4.78, 5) is 15.4. The molecule has 0 aromatic carbocycles. The van der Waals surface area contributed by atoms with Gasteiger partial charge in [-0.15, -0.1) is 0 Å². The molecule has 0 bridgehead atoms. The van der Waals surface area contributed by atoms with E-state index in [1.807, 2.05) is 26.0 Å². The van der Waals surface area contributed by atoms with Crippen molar-refractivity contribution in [1.82, 2.24) is 4.98 Å². The van der Waals surface area contributed by atoms with Gasteiger partial charge in [-0.3, -0.25) is 9.78 Å². The van der Waals surface area contributed by atoms with Gasteiger partial charge in [0.05, 0.1) is 0 Å². The number of nitrogens with zero attached hydrogens (tertiary/aromatic N) is 1. The summed E-state index contributed by atoms with van der Waals surface area (Å²) in [5.74, 6) is 5.71. The monoisotopic (exact) mass is 280 g/mol. The molecule has 2 N–H and O–H groups in total. The molecule has 0 aliphatic carbocycles. The average molecular weight is 280 g/mol. The maximum Gasteiger partial charge on any atom is 0.244 e. The fourth-order valence-corrected chi connectivity index (χ4v) is 1.63. The Morgan fingerprint density at radius 1 is 1.52 bits per heavy atom. The molecule has 108 valence electrons. The van der Waals surface area contributed by atoms with Crippen molar-refractivity contribution in [2.75, 3.05) is 0 Å². The summed E-state index contributed by atoms with van der Waals surface area (Å²) in [6.45, 7) is 7.72. The first kappa shape index (κ1) is 16.5. The van der Waals surface area contributed by atoms with Gasteiger partial charge in [0.15, 0.2) is 0 Å². The highest BCUT2D eigenvalue weighted by atomic mass is 16.1. The Kier molecular flexibility index (Phi) is 6.70. The van der Waals surface area contributed by atoms with Gasteiger partial charge in [0, 0.05) is 29.1 Å². The summed E-state index contributed by atoms with van der Waals surface area (Å²) >= 11 is 0. The topological polar surface area (TPSA) is 56.0 Å². The molecule has 0 saturated carbocycles. The first-order chi connectivity index (χ1) is 10.1. The Hall–Kier alpha value is -2.60. The summed E-state index contributed by atoms with van der Waals surface area (Å²) < 4.78 is 0. The molecule has 0 aliphatic rings. The second kappa shape index (κ2) is 8.55. The number of carbonyl (C=O) groups is 1. The molecular weight excluding hydrogens is 260 g/mol. The van der Waals surface area contributed by atoms with Crippen molar-refractivity contribution in [2.45, 2.75) is 20.3 Å². The third-order valence-electron chi connectivity index (χ3n) is 3.10. The summed E-state index contributed by atoms with van der Waals surface area (Å²) in [7, 11) is 0. The van der Waals surface area contributed by atoms with Crippen molar-refractivity contribution in [1.29, 1.82) is 0 Å². The van der Waals surface area contributed by atoms with E-state index in [2.05, 4.69) is 23.4 Å². The molecule has 0 spiro atoms. The Morgan fingerprint density at radius 2 is 2.29 bits per heavy atom. The molecule has 1 amide bonds. The minimum Gasteiger partial charge on any atom is -0.366 e. The molecule has 1 aromatic rings. The van der Waals surface area contributed by atoms with Gasteiger partial charge in [-0.1, -0.05) is 44.4 Å². The Balaban J connectivity index is 3.01. The molecule has 0 fully saturated rings. The summed E-state index contributed by atoms with van der Waals surface area (Å²) in [6, 6.07) is 3.71. The minimum atomic E-state index is -0.399. The highest BCUT2D eigenvalue weighted by Crippen LogP contribution is 2.14. The van der Waals surface area contributed by atoms with Crippen molar-refractivity contribution >= 4 is 5.91 Å². The standard InChI is InChI=1S/C18H20N2O/c1-4-14(3)17(18(19)21)11-10-15(5-2)8-9-16-7-6-12-20-13-16/h5-7,10-14H,2,4H2,1,3H3,(H2,19,21). The molecule has 0 radical (unpaired) electrons. The van der Waals surface area contributed by atoms with Crippen LogP contribution in [-0.2, 0) is 4.79 Å². The number of rotatable bonds is 5. The smallest absolute Gasteiger partial charge is 0.244 e. The van der Waals surface area contributed by atoms with Crippen molar-refractivity contribution in [3.8, 4) is 11.8 Å². The van der Waals surface area contributed by atoms with Crippen LogP contribution < -0.4 is 5.73 Å². The molecule has 1 atom stereocenters. The molecule has 3 heteroatoms. The van der Waals surface area contributed by atoms with Crippen LogP contribution in [0, 0.1) is 17.8 Å². The van der Waals surface area contributed by atoms with Gasteiger partial charge in [0.2, 0.25) is 5.91 Å². The third-order valence-corrected chi connectivity index (χ3v) is 3.10. The number of hydrogen-bond acceptors (Lipinski definition) is 2. The van der Waals surface area contributed by atoms with Crippen LogP contribution in [0.2, 0.25) is 0 Å². The molecule has 0 saturated heterocycles. The first-order valence-corrected chi connectivity index (χ1v) is 6.84. The second-order valence-corrected chi connectivity index (χ2v) is 4.61. The summed E-state index contributed by atoms with van der Waals surface area (Å²) in [6.07, 6.45) is 9.39. The number of amides is 1. The number of allylic oxidation sites excluding steroid dienone is 4. The van der Waals surface area contributed by atoms with E-state index in [0.29, 0.717) is 5.57 Å². The van der Waals surface area contributed by atoms with Gasteiger partial charge in [-0.2, -0.15) is 0 Å². The van der Waals surface area contributed by atoms with Crippen LogP contribution in [-0.4, -0.2) is 10.9 Å². The molecule has 1 aromatic heterocycles. The molecule has 3 nitrogen and oxygen atoms in total. The van der Waals surface area contributed by atoms with Crippen molar-refractivity contribution < 1.29 is 4.79 Å². The molecule has 1 unspecified atom stereocenters. The average Bonchev–Trinajstić information content (AvgIpc) is 2.50. The number of pyridine rings is 1. The maximum atomic E-state index is 11.4. The zero-order chi connectivity index (χ0) is 15.7. The summed E-state index contributed by atoms with van der Waals surface area (Å²) in [5, 5.41) is 0. The van der Waals surface area contributed by atoms with Crippen molar-refractivity contribution in [2.24, 2.45) is 11.7 Å². The highest BCUT2D eigenvalue weighted by Gasteiger charge is 2.10. The van der Waals surface area contributed by atoms with E-state index in [1.54, 1.807) is 30.6 Å². The van der Waals surface area contributed by atoms with E-state index in [-0.39, 0.29) is 5.92 Å². The van der Waals surface area contributed by atoms with Gasteiger partial charge in [-0.25, -0.2) is 0 Å². The lowest BCUT2D eigenvalue weighted by molar-refractivity contribution is -0.115. The van der Waals surface area contributed by atoms with Crippen LogP contribution in [0.25, 0.3) is 0 Å². The van der Waals surface area contributed by atoms with Crippen LogP contribution in [0.3, 0.4) is 0 Å². The Bertz CT molecular complexity index is 616. The summed E-state index contributed by atoms with van der Waals surface area (Å²) in [5.41, 5.74) is 7.54. The molecule has 21 heavy (non-hydrogen) atoms. The fourth-order valence-electron chi connectivity index (χ4n) is 1.63. The van der Waals surface area contributed by atoms with Gasteiger partial charge in [-0.05, 0) is 30.5 Å². The van der Waals surface area contributed by atoms with E-state index in [4.69, 9.17) is 5.73 Å².